The van der Waals surface area contributed by atoms with Crippen LogP contribution in [-0.2, 0) is 0 Å². The van der Waals surface area contributed by atoms with Crippen molar-refractivity contribution in [3.63, 3.8) is 0 Å². The lowest BCUT2D eigenvalue weighted by molar-refractivity contribution is -0.274. The van der Waals surface area contributed by atoms with Crippen molar-refractivity contribution in [2.75, 3.05) is 32.7 Å². The summed E-state index contributed by atoms with van der Waals surface area (Å²) < 4.78 is 41.2. The number of aliphatic imine (C=N–C) groups is 1. The molecule has 3 rings (SSSR count). The largest absolute Gasteiger partial charge is 0.573 e. The van der Waals surface area contributed by atoms with Gasteiger partial charge in [0.05, 0.1) is 12.5 Å². The molecule has 1 saturated heterocycles. The second-order valence-corrected chi connectivity index (χ2v) is 7.36. The highest BCUT2D eigenvalue weighted by Crippen LogP contribution is 2.30. The molecule has 7 N–H and O–H groups in total. The summed E-state index contributed by atoms with van der Waals surface area (Å²) >= 11 is 0. The molecule has 1 fully saturated rings. The number of halogens is 3. The summed E-state index contributed by atoms with van der Waals surface area (Å²) in [7, 11) is 0. The molecule has 0 aliphatic carbocycles. The number of aromatic nitrogens is 2. The van der Waals surface area contributed by atoms with E-state index in [0.29, 0.717) is 44.0 Å². The highest BCUT2D eigenvalue weighted by molar-refractivity contribution is 5.80. The molecule has 0 radical (unpaired) electrons. The number of nitrogens with zero attached hydrogens (tertiary/aromatic N) is 4. The van der Waals surface area contributed by atoms with Gasteiger partial charge in [0, 0.05) is 61.8 Å². The van der Waals surface area contributed by atoms with E-state index < -0.39 is 6.36 Å². The van der Waals surface area contributed by atoms with Gasteiger partial charge in [0.25, 0.3) is 0 Å². The Kier molecular flexibility index (Phi) is 7.61. The Morgan fingerprint density at radius 1 is 1.24 bits per heavy atom. The van der Waals surface area contributed by atoms with Gasteiger partial charge in [-0.1, -0.05) is 18.7 Å². The third-order valence-corrected chi connectivity index (χ3v) is 5.40. The standard InChI is InChI=1S/C21H27F3N8O/c1-14(19(20(27)28-13-26)16-11-29-30-12-16)31-6-8-32(9-7-31)18(10-25)15-2-4-17(5-3-15)33-21(22,23)24/h2-5,11-13,18H,1,6-10,25,27H2,(H2,26,28)(H,29,30)/b20-19+. The molecule has 0 amide bonds. The second-order valence-electron chi connectivity index (χ2n) is 7.36. The van der Waals surface area contributed by atoms with Crippen LogP contribution in [0.5, 0.6) is 5.75 Å². The van der Waals surface area contributed by atoms with E-state index in [4.69, 9.17) is 17.2 Å². The summed E-state index contributed by atoms with van der Waals surface area (Å²) in [6.07, 6.45) is -0.272. The van der Waals surface area contributed by atoms with Crippen molar-refractivity contribution in [3.05, 3.63) is 65.9 Å². The predicted octanol–water partition coefficient (Wildman–Crippen LogP) is 1.75. The highest BCUT2D eigenvalue weighted by atomic mass is 19.4. The zero-order valence-corrected chi connectivity index (χ0v) is 17.9. The molecule has 33 heavy (non-hydrogen) atoms. The molecule has 0 bridgehead atoms. The van der Waals surface area contributed by atoms with E-state index >= 15 is 0 Å². The molecule has 0 spiro atoms. The maximum Gasteiger partial charge on any atom is 0.573 e. The summed E-state index contributed by atoms with van der Waals surface area (Å²) in [6, 6.07) is 5.67. The van der Waals surface area contributed by atoms with E-state index in [1.54, 1.807) is 24.5 Å². The molecule has 2 aromatic rings. The minimum Gasteiger partial charge on any atom is -0.406 e. The average Bonchev–Trinajstić information content (AvgIpc) is 3.29. The first-order valence-electron chi connectivity index (χ1n) is 10.2. The number of ether oxygens (including phenoxy) is 1. The van der Waals surface area contributed by atoms with Gasteiger partial charge in [-0.05, 0) is 17.7 Å². The summed E-state index contributed by atoms with van der Waals surface area (Å²) in [5.41, 5.74) is 20.4. The van der Waals surface area contributed by atoms with E-state index in [-0.39, 0.29) is 17.6 Å². The fourth-order valence-corrected chi connectivity index (χ4v) is 3.84. The van der Waals surface area contributed by atoms with Crippen LogP contribution in [0.3, 0.4) is 0 Å². The summed E-state index contributed by atoms with van der Waals surface area (Å²) in [5.74, 6) is -0.0354. The van der Waals surface area contributed by atoms with Crippen molar-refractivity contribution in [1.82, 2.24) is 20.0 Å². The van der Waals surface area contributed by atoms with Crippen molar-refractivity contribution in [2.45, 2.75) is 12.4 Å². The minimum absolute atomic E-state index is 0.142. The number of H-pyrrole nitrogens is 1. The van der Waals surface area contributed by atoms with E-state index in [0.717, 1.165) is 17.5 Å². The van der Waals surface area contributed by atoms with Crippen LogP contribution in [0.4, 0.5) is 13.2 Å². The van der Waals surface area contributed by atoms with Gasteiger partial charge >= 0.3 is 6.36 Å². The van der Waals surface area contributed by atoms with Crippen molar-refractivity contribution in [3.8, 4) is 5.75 Å². The molecule has 9 nitrogen and oxygen atoms in total. The van der Waals surface area contributed by atoms with E-state index in [1.807, 2.05) is 0 Å². The van der Waals surface area contributed by atoms with Crippen molar-refractivity contribution in [2.24, 2.45) is 22.2 Å². The fraction of sp³-hybridized carbons (Fsp3) is 0.333. The van der Waals surface area contributed by atoms with Crippen LogP contribution in [-0.4, -0.2) is 65.4 Å². The van der Waals surface area contributed by atoms with Crippen LogP contribution in [0.2, 0.25) is 0 Å². The zero-order chi connectivity index (χ0) is 24.0. The van der Waals surface area contributed by atoms with Crippen molar-refractivity contribution < 1.29 is 17.9 Å². The molecule has 1 aliphatic rings. The van der Waals surface area contributed by atoms with Crippen LogP contribution in [0.15, 0.2) is 59.7 Å². The number of hydrogen-bond donors (Lipinski definition) is 4. The number of aromatic amines is 1. The van der Waals surface area contributed by atoms with E-state index in [2.05, 4.69) is 36.3 Å². The van der Waals surface area contributed by atoms with Gasteiger partial charge in [0.2, 0.25) is 0 Å². The third kappa shape index (κ3) is 6.05. The van der Waals surface area contributed by atoms with Crippen molar-refractivity contribution >= 4 is 11.9 Å². The number of piperazine rings is 1. The topological polar surface area (TPSA) is 135 Å². The van der Waals surface area contributed by atoms with Gasteiger partial charge in [-0.15, -0.1) is 13.2 Å². The number of nitrogens with one attached hydrogen (secondary N) is 1. The van der Waals surface area contributed by atoms with E-state index in [1.165, 1.54) is 12.1 Å². The summed E-state index contributed by atoms with van der Waals surface area (Å²) in [6.45, 7) is 7.15. The Labute approximate surface area is 189 Å². The number of allylic oxidation sites excluding steroid dienone is 1. The molecule has 1 atom stereocenters. The minimum atomic E-state index is -4.73. The highest BCUT2D eigenvalue weighted by Gasteiger charge is 2.31. The predicted molar refractivity (Wildman–Crippen MR) is 120 cm³/mol. The molecule has 1 unspecified atom stereocenters. The molecule has 178 valence electrons. The van der Waals surface area contributed by atoms with Gasteiger partial charge in [-0.3, -0.25) is 10.00 Å². The molecule has 12 heteroatoms. The first kappa shape index (κ1) is 24.1. The quantitative estimate of drug-likeness (QED) is 0.266. The Hall–Kier alpha value is -3.51. The van der Waals surface area contributed by atoms with Gasteiger partial charge < -0.3 is 26.8 Å². The normalized spacial score (nSPS) is 17.2. The van der Waals surface area contributed by atoms with Crippen LogP contribution in [0, 0.1) is 0 Å². The summed E-state index contributed by atoms with van der Waals surface area (Å²) in [4.78, 5) is 8.27. The first-order chi connectivity index (χ1) is 15.7. The van der Waals surface area contributed by atoms with Crippen LogP contribution >= 0.6 is 0 Å². The zero-order valence-electron chi connectivity index (χ0n) is 17.9. The van der Waals surface area contributed by atoms with Crippen LogP contribution in [0.1, 0.15) is 17.2 Å². The lowest BCUT2D eigenvalue weighted by Crippen LogP contribution is -2.48. The van der Waals surface area contributed by atoms with Gasteiger partial charge in [0.15, 0.2) is 0 Å². The molecule has 2 heterocycles. The Bertz CT molecular complexity index is 978. The number of rotatable bonds is 8. The molecular formula is C21H27F3N8O. The molecular weight excluding hydrogens is 437 g/mol. The Morgan fingerprint density at radius 3 is 2.42 bits per heavy atom. The van der Waals surface area contributed by atoms with E-state index in [9.17, 15) is 13.2 Å². The number of benzene rings is 1. The lowest BCUT2D eigenvalue weighted by atomic mass is 10.0. The lowest BCUT2D eigenvalue weighted by Gasteiger charge is -2.41. The number of nitrogens with two attached hydrogens (primary N) is 3. The monoisotopic (exact) mass is 464 g/mol. The number of hydrogen-bond acceptors (Lipinski definition) is 7. The molecule has 1 aliphatic heterocycles. The molecule has 1 aromatic carbocycles. The SMILES string of the molecule is C=C(/C(=C(/N)N=CN)c1cn[nH]c1)N1CCN(C(CN)c2ccc(OC(F)(F)F)cc2)CC1. The Morgan fingerprint density at radius 2 is 1.91 bits per heavy atom. The first-order valence-corrected chi connectivity index (χ1v) is 10.2. The van der Waals surface area contributed by atoms with Crippen LogP contribution < -0.4 is 21.9 Å². The third-order valence-electron chi connectivity index (χ3n) is 5.40. The van der Waals surface area contributed by atoms with Gasteiger partial charge in [-0.2, -0.15) is 5.10 Å². The fourth-order valence-electron chi connectivity index (χ4n) is 3.84. The van der Waals surface area contributed by atoms with Gasteiger partial charge in [-0.25, -0.2) is 4.99 Å². The average molecular weight is 464 g/mol. The van der Waals surface area contributed by atoms with Crippen LogP contribution in [0.25, 0.3) is 5.57 Å². The second kappa shape index (κ2) is 10.4. The molecule has 1 aromatic heterocycles. The maximum atomic E-state index is 12.4. The van der Waals surface area contributed by atoms with Gasteiger partial charge in [0.1, 0.15) is 11.6 Å². The maximum absolute atomic E-state index is 12.4. The Balaban J connectivity index is 1.69. The molecule has 0 saturated carbocycles. The number of alkyl halides is 3. The smallest absolute Gasteiger partial charge is 0.406 e. The summed E-state index contributed by atoms with van der Waals surface area (Å²) in [5, 5.41) is 6.72. The van der Waals surface area contributed by atoms with Crippen molar-refractivity contribution in [1.29, 1.82) is 0 Å².